The summed E-state index contributed by atoms with van der Waals surface area (Å²) in [4.78, 5) is 16.9. The number of carbonyl (C=O) groups excluding carboxylic acids is 1. The molecule has 2 N–H and O–H groups in total. The maximum atomic E-state index is 12.9. The first kappa shape index (κ1) is 17.1. The van der Waals surface area contributed by atoms with Crippen LogP contribution in [0.25, 0.3) is 0 Å². The number of sulfonamides is 1. The average molecular weight is 371 g/mol. The molecule has 0 radical (unpaired) electrons. The minimum absolute atomic E-state index is 0.0313. The number of aryl methyl sites for hydroxylation is 1. The average Bonchev–Trinajstić information content (AvgIpc) is 3.04. The van der Waals surface area contributed by atoms with E-state index in [1.807, 2.05) is 12.1 Å². The number of nitrogens with two attached hydrogens (primary N) is 1. The Kier molecular flexibility index (Phi) is 4.20. The Labute approximate surface area is 153 Å². The molecule has 0 aromatic heterocycles. The van der Waals surface area contributed by atoms with Crippen LogP contribution < -0.4 is 14.9 Å². The number of amides is 1. The second kappa shape index (κ2) is 6.41. The van der Waals surface area contributed by atoms with E-state index >= 15 is 0 Å². The first-order valence-electron chi connectivity index (χ1n) is 8.72. The van der Waals surface area contributed by atoms with E-state index in [0.717, 1.165) is 36.3 Å². The molecule has 26 heavy (non-hydrogen) atoms. The fraction of sp³-hybridized carbons (Fsp3) is 0.316. The molecular weight excluding hydrogens is 350 g/mol. The fourth-order valence-electron chi connectivity index (χ4n) is 3.84. The van der Waals surface area contributed by atoms with Gasteiger partial charge in [-0.25, -0.2) is 13.6 Å². The van der Waals surface area contributed by atoms with Crippen molar-refractivity contribution >= 4 is 27.3 Å². The Bertz CT molecular complexity index is 972. The van der Waals surface area contributed by atoms with Gasteiger partial charge in [-0.1, -0.05) is 18.2 Å². The van der Waals surface area contributed by atoms with E-state index in [-0.39, 0.29) is 10.8 Å². The molecule has 0 spiro atoms. The van der Waals surface area contributed by atoms with E-state index in [4.69, 9.17) is 5.14 Å². The predicted octanol–water partition coefficient (Wildman–Crippen LogP) is 1.68. The number of anilines is 2. The van der Waals surface area contributed by atoms with Crippen molar-refractivity contribution in [1.29, 1.82) is 0 Å². The molecule has 2 aromatic carbocycles. The molecule has 0 fully saturated rings. The molecule has 136 valence electrons. The maximum Gasteiger partial charge on any atom is 0.246 e. The Hall–Kier alpha value is -2.38. The number of fused-ring (bicyclic) bond motifs is 2. The van der Waals surface area contributed by atoms with Gasteiger partial charge in [0.25, 0.3) is 0 Å². The van der Waals surface area contributed by atoms with E-state index in [1.54, 1.807) is 17.0 Å². The number of carbonyl (C=O) groups is 1. The molecule has 6 nitrogen and oxygen atoms in total. The molecule has 4 rings (SSSR count). The van der Waals surface area contributed by atoms with Crippen LogP contribution in [0.15, 0.2) is 47.4 Å². The Morgan fingerprint density at radius 2 is 1.81 bits per heavy atom. The zero-order valence-electron chi connectivity index (χ0n) is 14.4. The molecule has 1 amide bonds. The van der Waals surface area contributed by atoms with E-state index in [9.17, 15) is 13.2 Å². The minimum Gasteiger partial charge on any atom is -0.362 e. The van der Waals surface area contributed by atoms with Crippen molar-refractivity contribution in [2.45, 2.75) is 24.2 Å². The Balaban J connectivity index is 1.55. The molecule has 0 saturated carbocycles. The molecule has 0 bridgehead atoms. The summed E-state index contributed by atoms with van der Waals surface area (Å²) in [5.41, 5.74) is 4.05. The van der Waals surface area contributed by atoms with Crippen LogP contribution in [0.3, 0.4) is 0 Å². The van der Waals surface area contributed by atoms with Crippen molar-refractivity contribution in [3.63, 3.8) is 0 Å². The molecule has 0 aliphatic carbocycles. The monoisotopic (exact) mass is 371 g/mol. The molecule has 2 aromatic rings. The van der Waals surface area contributed by atoms with Gasteiger partial charge in [0.05, 0.1) is 11.4 Å². The predicted molar refractivity (Wildman–Crippen MR) is 101 cm³/mol. The zero-order chi connectivity index (χ0) is 18.3. The lowest BCUT2D eigenvalue weighted by Crippen LogP contribution is -2.41. The summed E-state index contributed by atoms with van der Waals surface area (Å²) < 4.78 is 23.0. The SMILES string of the molecule is NS(=O)(=O)c1ccc2c(c1)CCN2C(=O)CN1CCCc2ccccc21. The van der Waals surface area contributed by atoms with Crippen LogP contribution in [0.5, 0.6) is 0 Å². The number of hydrogen-bond acceptors (Lipinski definition) is 4. The smallest absolute Gasteiger partial charge is 0.246 e. The minimum atomic E-state index is -3.73. The van der Waals surface area contributed by atoms with Crippen LogP contribution in [-0.2, 0) is 27.7 Å². The lowest BCUT2D eigenvalue weighted by Gasteiger charge is -2.32. The lowest BCUT2D eigenvalue weighted by molar-refractivity contribution is -0.117. The molecule has 7 heteroatoms. The number of nitrogens with zero attached hydrogens (tertiary/aromatic N) is 2. The largest absolute Gasteiger partial charge is 0.362 e. The number of hydrogen-bond donors (Lipinski definition) is 1. The number of rotatable bonds is 3. The van der Waals surface area contributed by atoms with Crippen LogP contribution >= 0.6 is 0 Å². The van der Waals surface area contributed by atoms with Gasteiger partial charge in [0.2, 0.25) is 15.9 Å². The van der Waals surface area contributed by atoms with Gasteiger partial charge in [-0.2, -0.15) is 0 Å². The molecule has 0 atom stereocenters. The molecule has 2 heterocycles. The first-order valence-corrected chi connectivity index (χ1v) is 10.3. The highest BCUT2D eigenvalue weighted by atomic mass is 32.2. The van der Waals surface area contributed by atoms with Crippen molar-refractivity contribution in [3.05, 3.63) is 53.6 Å². The van der Waals surface area contributed by atoms with Crippen LogP contribution in [0, 0.1) is 0 Å². The van der Waals surface area contributed by atoms with Gasteiger partial charge in [-0.15, -0.1) is 0 Å². The van der Waals surface area contributed by atoms with Gasteiger partial charge in [0.1, 0.15) is 0 Å². The summed E-state index contributed by atoms with van der Waals surface area (Å²) in [6, 6.07) is 12.9. The summed E-state index contributed by atoms with van der Waals surface area (Å²) in [6.45, 7) is 1.76. The van der Waals surface area contributed by atoms with Crippen molar-refractivity contribution in [2.75, 3.05) is 29.4 Å². The number of para-hydroxylation sites is 1. The summed E-state index contributed by atoms with van der Waals surface area (Å²) in [5.74, 6) is 0.0313. The molecule has 0 saturated heterocycles. The van der Waals surface area contributed by atoms with Crippen LogP contribution in [0.1, 0.15) is 17.5 Å². The number of benzene rings is 2. The van der Waals surface area contributed by atoms with Gasteiger partial charge >= 0.3 is 0 Å². The van der Waals surface area contributed by atoms with E-state index in [0.29, 0.717) is 19.5 Å². The van der Waals surface area contributed by atoms with E-state index < -0.39 is 10.0 Å². The van der Waals surface area contributed by atoms with Crippen molar-refractivity contribution in [1.82, 2.24) is 0 Å². The third kappa shape index (κ3) is 3.08. The maximum absolute atomic E-state index is 12.9. The lowest BCUT2D eigenvalue weighted by atomic mass is 10.0. The Morgan fingerprint density at radius 3 is 2.62 bits per heavy atom. The summed E-state index contributed by atoms with van der Waals surface area (Å²) >= 11 is 0. The quantitative estimate of drug-likeness (QED) is 0.890. The van der Waals surface area contributed by atoms with E-state index in [1.165, 1.54) is 11.6 Å². The van der Waals surface area contributed by atoms with Crippen molar-refractivity contribution in [3.8, 4) is 0 Å². The summed E-state index contributed by atoms with van der Waals surface area (Å²) in [5, 5.41) is 5.20. The highest BCUT2D eigenvalue weighted by Crippen LogP contribution is 2.31. The van der Waals surface area contributed by atoms with Crippen LogP contribution in [0.4, 0.5) is 11.4 Å². The third-order valence-electron chi connectivity index (χ3n) is 5.11. The summed E-state index contributed by atoms with van der Waals surface area (Å²) in [6.07, 6.45) is 2.73. The highest BCUT2D eigenvalue weighted by molar-refractivity contribution is 7.89. The van der Waals surface area contributed by atoms with Crippen LogP contribution in [0.2, 0.25) is 0 Å². The molecule has 2 aliphatic heterocycles. The fourth-order valence-corrected chi connectivity index (χ4v) is 4.40. The van der Waals surface area contributed by atoms with Gasteiger partial charge in [0, 0.05) is 24.5 Å². The second-order valence-electron chi connectivity index (χ2n) is 6.78. The van der Waals surface area contributed by atoms with Gasteiger partial charge < -0.3 is 9.80 Å². The topological polar surface area (TPSA) is 83.7 Å². The Morgan fingerprint density at radius 1 is 1.00 bits per heavy atom. The van der Waals surface area contributed by atoms with Crippen molar-refractivity contribution < 1.29 is 13.2 Å². The van der Waals surface area contributed by atoms with E-state index in [2.05, 4.69) is 17.0 Å². The molecule has 2 aliphatic rings. The molecule has 0 unspecified atom stereocenters. The van der Waals surface area contributed by atoms with Crippen LogP contribution in [-0.4, -0.2) is 34.0 Å². The van der Waals surface area contributed by atoms with Gasteiger partial charge in [-0.3, -0.25) is 4.79 Å². The zero-order valence-corrected chi connectivity index (χ0v) is 15.2. The first-order chi connectivity index (χ1) is 12.4. The molecular formula is C19H21N3O3S. The third-order valence-corrected chi connectivity index (χ3v) is 6.02. The summed E-state index contributed by atoms with van der Waals surface area (Å²) in [7, 11) is -3.73. The number of primary sulfonamides is 1. The highest BCUT2D eigenvalue weighted by Gasteiger charge is 2.28. The normalized spacial score (nSPS) is 16.3. The second-order valence-corrected chi connectivity index (χ2v) is 8.35. The van der Waals surface area contributed by atoms with Crippen molar-refractivity contribution in [2.24, 2.45) is 5.14 Å². The van der Waals surface area contributed by atoms with Gasteiger partial charge in [0.15, 0.2) is 0 Å². The standard InChI is InChI=1S/C19H21N3O3S/c20-26(24,25)16-7-8-18-15(12-16)9-11-22(18)19(23)13-21-10-3-5-14-4-1-2-6-17(14)21/h1-2,4,6-8,12H,3,5,9-11,13H2,(H2,20,24,25). The van der Waals surface area contributed by atoms with Gasteiger partial charge in [-0.05, 0) is 54.7 Å².